The van der Waals surface area contributed by atoms with E-state index in [1.54, 1.807) is 0 Å². The highest BCUT2D eigenvalue weighted by atomic mass is 15.2. The fraction of sp³-hybridized carbons (Fsp3) is 0.333. The van der Waals surface area contributed by atoms with Crippen molar-refractivity contribution in [3.63, 3.8) is 0 Å². The molecule has 0 bridgehead atoms. The number of hydrogen-bond donors (Lipinski definition) is 1. The summed E-state index contributed by atoms with van der Waals surface area (Å²) < 4.78 is 0. The fourth-order valence-electron chi connectivity index (χ4n) is 2.17. The molecule has 0 unspecified atom stereocenters. The molecular weight excluding hydrogens is 236 g/mol. The van der Waals surface area contributed by atoms with E-state index in [9.17, 15) is 0 Å². The minimum atomic E-state index is 0.660. The van der Waals surface area contributed by atoms with E-state index >= 15 is 0 Å². The number of aromatic nitrogens is 2. The zero-order valence-electron chi connectivity index (χ0n) is 11.5. The summed E-state index contributed by atoms with van der Waals surface area (Å²) in [6.07, 6.45) is 6.42. The van der Waals surface area contributed by atoms with Crippen LogP contribution in [-0.4, -0.2) is 23.6 Å². The summed E-state index contributed by atoms with van der Waals surface area (Å²) in [5, 5.41) is 0. The van der Waals surface area contributed by atoms with E-state index in [-0.39, 0.29) is 0 Å². The van der Waals surface area contributed by atoms with Crippen molar-refractivity contribution in [2.24, 2.45) is 5.73 Å². The normalized spacial score (nSPS) is 10.5. The van der Waals surface area contributed by atoms with E-state index in [1.165, 1.54) is 16.7 Å². The first-order valence-corrected chi connectivity index (χ1v) is 6.46. The molecule has 0 saturated heterocycles. The second kappa shape index (κ2) is 6.29. The van der Waals surface area contributed by atoms with Gasteiger partial charge >= 0.3 is 0 Å². The lowest BCUT2D eigenvalue weighted by molar-refractivity contribution is 0.879. The summed E-state index contributed by atoms with van der Waals surface area (Å²) >= 11 is 0. The van der Waals surface area contributed by atoms with Crippen molar-refractivity contribution >= 4 is 5.82 Å². The molecule has 0 aliphatic heterocycles. The van der Waals surface area contributed by atoms with Crippen molar-refractivity contribution in [2.45, 2.75) is 19.9 Å². The SMILES string of the molecule is Cc1cc(CCN)cnc1N(C)Cc1ccncc1. The number of pyridine rings is 2. The van der Waals surface area contributed by atoms with Crippen LogP contribution in [0.4, 0.5) is 5.82 Å². The van der Waals surface area contributed by atoms with E-state index in [2.05, 4.69) is 34.9 Å². The molecule has 2 heterocycles. The van der Waals surface area contributed by atoms with Crippen LogP contribution in [0.2, 0.25) is 0 Å². The summed E-state index contributed by atoms with van der Waals surface area (Å²) in [6, 6.07) is 6.21. The van der Waals surface area contributed by atoms with Crippen molar-refractivity contribution < 1.29 is 0 Å². The molecule has 19 heavy (non-hydrogen) atoms. The van der Waals surface area contributed by atoms with Crippen LogP contribution >= 0.6 is 0 Å². The predicted octanol–water partition coefficient (Wildman–Crippen LogP) is 1.92. The van der Waals surface area contributed by atoms with Crippen molar-refractivity contribution in [1.82, 2.24) is 9.97 Å². The molecule has 2 N–H and O–H groups in total. The molecule has 100 valence electrons. The van der Waals surface area contributed by atoms with Gasteiger partial charge in [-0.15, -0.1) is 0 Å². The number of hydrogen-bond acceptors (Lipinski definition) is 4. The molecule has 2 aromatic heterocycles. The molecule has 4 nitrogen and oxygen atoms in total. The first kappa shape index (κ1) is 13.5. The van der Waals surface area contributed by atoms with Gasteiger partial charge in [0.25, 0.3) is 0 Å². The molecule has 0 amide bonds. The molecule has 0 aliphatic rings. The van der Waals surface area contributed by atoms with E-state index < -0.39 is 0 Å². The Morgan fingerprint density at radius 2 is 1.95 bits per heavy atom. The number of aryl methyl sites for hydroxylation is 1. The number of nitrogens with two attached hydrogens (primary N) is 1. The van der Waals surface area contributed by atoms with Crippen LogP contribution in [-0.2, 0) is 13.0 Å². The largest absolute Gasteiger partial charge is 0.355 e. The van der Waals surface area contributed by atoms with Gasteiger partial charge in [0.1, 0.15) is 5.82 Å². The lowest BCUT2D eigenvalue weighted by Crippen LogP contribution is -2.19. The lowest BCUT2D eigenvalue weighted by atomic mass is 10.1. The van der Waals surface area contributed by atoms with Gasteiger partial charge in [-0.1, -0.05) is 6.07 Å². The summed E-state index contributed by atoms with van der Waals surface area (Å²) in [4.78, 5) is 10.7. The quantitative estimate of drug-likeness (QED) is 0.888. The Morgan fingerprint density at radius 1 is 1.21 bits per heavy atom. The van der Waals surface area contributed by atoms with Gasteiger partial charge in [-0.25, -0.2) is 4.98 Å². The van der Waals surface area contributed by atoms with Crippen LogP contribution in [0.15, 0.2) is 36.8 Å². The Hall–Kier alpha value is -1.94. The first-order chi connectivity index (χ1) is 9.20. The van der Waals surface area contributed by atoms with Crippen LogP contribution < -0.4 is 10.6 Å². The summed E-state index contributed by atoms with van der Waals surface area (Å²) in [5.41, 5.74) is 9.17. The van der Waals surface area contributed by atoms with Gasteiger partial charge in [-0.2, -0.15) is 0 Å². The van der Waals surface area contributed by atoms with Crippen LogP contribution in [0.1, 0.15) is 16.7 Å². The molecule has 0 aliphatic carbocycles. The van der Waals surface area contributed by atoms with E-state index in [0.717, 1.165) is 18.8 Å². The van der Waals surface area contributed by atoms with Gasteiger partial charge < -0.3 is 10.6 Å². The lowest BCUT2D eigenvalue weighted by Gasteiger charge is -2.20. The van der Waals surface area contributed by atoms with E-state index in [1.807, 2.05) is 30.7 Å². The van der Waals surface area contributed by atoms with Crippen LogP contribution in [0.3, 0.4) is 0 Å². The molecule has 4 heteroatoms. The average Bonchev–Trinajstić information content (AvgIpc) is 2.40. The van der Waals surface area contributed by atoms with Crippen molar-refractivity contribution in [1.29, 1.82) is 0 Å². The maximum atomic E-state index is 5.57. The Morgan fingerprint density at radius 3 is 2.58 bits per heavy atom. The summed E-state index contributed by atoms with van der Waals surface area (Å²) in [5.74, 6) is 1.01. The molecule has 0 fully saturated rings. The van der Waals surface area contributed by atoms with E-state index in [0.29, 0.717) is 6.54 Å². The highest BCUT2D eigenvalue weighted by Crippen LogP contribution is 2.18. The molecular formula is C15H20N4. The van der Waals surface area contributed by atoms with Gasteiger partial charge in [-0.3, -0.25) is 4.98 Å². The minimum Gasteiger partial charge on any atom is -0.355 e. The first-order valence-electron chi connectivity index (χ1n) is 6.46. The molecule has 2 aromatic rings. The highest BCUT2D eigenvalue weighted by Gasteiger charge is 2.07. The van der Waals surface area contributed by atoms with Crippen molar-refractivity contribution in [3.8, 4) is 0 Å². The average molecular weight is 256 g/mol. The van der Waals surface area contributed by atoms with Crippen molar-refractivity contribution in [3.05, 3.63) is 53.5 Å². The predicted molar refractivity (Wildman–Crippen MR) is 78.1 cm³/mol. The standard InChI is InChI=1S/C15H20N4/c1-12-9-14(3-6-16)10-18-15(12)19(2)11-13-4-7-17-8-5-13/h4-5,7-10H,3,6,11,16H2,1-2H3. The smallest absolute Gasteiger partial charge is 0.131 e. The highest BCUT2D eigenvalue weighted by molar-refractivity contribution is 5.47. The second-order valence-corrected chi connectivity index (χ2v) is 4.73. The molecule has 2 rings (SSSR count). The zero-order valence-corrected chi connectivity index (χ0v) is 11.5. The maximum absolute atomic E-state index is 5.57. The van der Waals surface area contributed by atoms with Gasteiger partial charge in [-0.05, 0) is 48.7 Å². The molecule has 0 aromatic carbocycles. The third kappa shape index (κ3) is 3.51. The molecule has 0 radical (unpaired) electrons. The Kier molecular flexibility index (Phi) is 4.47. The monoisotopic (exact) mass is 256 g/mol. The summed E-state index contributed by atoms with van der Waals surface area (Å²) in [7, 11) is 2.05. The number of anilines is 1. The van der Waals surface area contributed by atoms with Crippen LogP contribution in [0.5, 0.6) is 0 Å². The van der Waals surface area contributed by atoms with Crippen LogP contribution in [0.25, 0.3) is 0 Å². The van der Waals surface area contributed by atoms with E-state index in [4.69, 9.17) is 5.73 Å². The number of rotatable bonds is 5. The Labute approximate surface area is 114 Å². The minimum absolute atomic E-state index is 0.660. The van der Waals surface area contributed by atoms with Gasteiger partial charge in [0, 0.05) is 32.2 Å². The van der Waals surface area contributed by atoms with Gasteiger partial charge in [0.2, 0.25) is 0 Å². The summed E-state index contributed by atoms with van der Waals surface area (Å²) in [6.45, 7) is 3.57. The second-order valence-electron chi connectivity index (χ2n) is 4.73. The topological polar surface area (TPSA) is 55.0 Å². The molecule has 0 spiro atoms. The fourth-order valence-corrected chi connectivity index (χ4v) is 2.17. The van der Waals surface area contributed by atoms with Crippen molar-refractivity contribution in [2.75, 3.05) is 18.5 Å². The third-order valence-corrected chi connectivity index (χ3v) is 3.07. The maximum Gasteiger partial charge on any atom is 0.131 e. The van der Waals surface area contributed by atoms with Gasteiger partial charge in [0.05, 0.1) is 0 Å². The molecule has 0 atom stereocenters. The number of nitrogens with zero attached hydrogens (tertiary/aromatic N) is 3. The third-order valence-electron chi connectivity index (χ3n) is 3.07. The molecule has 0 saturated carbocycles. The Balaban J connectivity index is 2.13. The van der Waals surface area contributed by atoms with Crippen LogP contribution in [0, 0.1) is 6.92 Å². The van der Waals surface area contributed by atoms with Gasteiger partial charge in [0.15, 0.2) is 0 Å². The Bertz CT molecular complexity index is 525. The zero-order chi connectivity index (χ0) is 13.7.